The fraction of sp³-hybridized carbons (Fsp3) is 0.857. The molecular weight excluding hydrogens is 276 g/mol. The fourth-order valence-electron chi connectivity index (χ4n) is 2.79. The Bertz CT molecular complexity index is 371. The van der Waals surface area contributed by atoms with Gasteiger partial charge in [0.1, 0.15) is 0 Å². The normalized spacial score (nSPS) is 24.2. The van der Waals surface area contributed by atoms with Gasteiger partial charge in [-0.05, 0) is 44.8 Å². The highest BCUT2D eigenvalue weighted by Gasteiger charge is 2.42. The average Bonchev–Trinajstić information content (AvgIpc) is 3.23. The number of carboxylic acids is 1. The SMILES string of the molecule is CSC1(CNC(=O)N2CCCCC2CCC(=O)O)CC1. The van der Waals surface area contributed by atoms with Gasteiger partial charge in [-0.3, -0.25) is 4.79 Å². The van der Waals surface area contributed by atoms with E-state index in [1.165, 1.54) is 12.8 Å². The molecular formula is C14H24N2O3S. The minimum Gasteiger partial charge on any atom is -0.481 e. The Kier molecular flexibility index (Phi) is 5.18. The van der Waals surface area contributed by atoms with Gasteiger partial charge in [-0.1, -0.05) is 0 Å². The van der Waals surface area contributed by atoms with Crippen LogP contribution in [0.2, 0.25) is 0 Å². The minimum absolute atomic E-state index is 0.0135. The van der Waals surface area contributed by atoms with Crippen LogP contribution in [-0.4, -0.2) is 52.1 Å². The third kappa shape index (κ3) is 4.04. The van der Waals surface area contributed by atoms with Gasteiger partial charge in [0.15, 0.2) is 0 Å². The summed E-state index contributed by atoms with van der Waals surface area (Å²) in [4.78, 5) is 24.9. The van der Waals surface area contributed by atoms with E-state index in [4.69, 9.17) is 5.11 Å². The molecule has 2 rings (SSSR count). The van der Waals surface area contributed by atoms with E-state index in [2.05, 4.69) is 11.6 Å². The van der Waals surface area contributed by atoms with Gasteiger partial charge in [0.25, 0.3) is 0 Å². The summed E-state index contributed by atoms with van der Waals surface area (Å²) in [6.07, 6.45) is 8.19. The standard InChI is InChI=1S/C14H24N2O3S/c1-20-14(7-8-14)10-15-13(19)16-9-3-2-4-11(16)5-6-12(17)18/h11H,2-10H2,1H3,(H,15,19)(H,17,18). The van der Waals surface area contributed by atoms with Gasteiger partial charge in [0.2, 0.25) is 0 Å². The number of nitrogens with zero attached hydrogens (tertiary/aromatic N) is 1. The summed E-state index contributed by atoms with van der Waals surface area (Å²) in [5, 5.41) is 11.8. The van der Waals surface area contributed by atoms with Crippen molar-refractivity contribution in [3.63, 3.8) is 0 Å². The predicted octanol–water partition coefficient (Wildman–Crippen LogP) is 2.31. The Morgan fingerprint density at radius 1 is 1.40 bits per heavy atom. The first-order valence-corrected chi connectivity index (χ1v) is 8.60. The highest BCUT2D eigenvalue weighted by molar-refractivity contribution is 8.00. The third-order valence-electron chi connectivity index (χ3n) is 4.38. The van der Waals surface area contributed by atoms with Crippen molar-refractivity contribution in [1.29, 1.82) is 0 Å². The van der Waals surface area contributed by atoms with Gasteiger partial charge in [-0.15, -0.1) is 0 Å². The van der Waals surface area contributed by atoms with Gasteiger partial charge in [0.05, 0.1) is 0 Å². The molecule has 0 spiro atoms. The molecule has 0 aromatic carbocycles. The molecule has 1 aliphatic carbocycles. The number of piperidine rings is 1. The number of urea groups is 1. The molecule has 2 amide bonds. The van der Waals surface area contributed by atoms with Gasteiger partial charge < -0.3 is 15.3 Å². The molecule has 6 heteroatoms. The maximum absolute atomic E-state index is 12.3. The molecule has 2 N–H and O–H groups in total. The quantitative estimate of drug-likeness (QED) is 0.790. The van der Waals surface area contributed by atoms with Crippen LogP contribution in [0.4, 0.5) is 4.79 Å². The molecule has 0 aromatic rings. The van der Waals surface area contributed by atoms with Crippen LogP contribution in [0.5, 0.6) is 0 Å². The summed E-state index contributed by atoms with van der Waals surface area (Å²) in [5.74, 6) is -0.782. The van der Waals surface area contributed by atoms with Crippen molar-refractivity contribution in [1.82, 2.24) is 10.2 Å². The number of carbonyl (C=O) groups excluding carboxylic acids is 1. The Morgan fingerprint density at radius 3 is 2.75 bits per heavy atom. The van der Waals surface area contributed by atoms with Gasteiger partial charge in [-0.2, -0.15) is 11.8 Å². The largest absolute Gasteiger partial charge is 0.481 e. The topological polar surface area (TPSA) is 69.6 Å². The number of amides is 2. The van der Waals surface area contributed by atoms with Gasteiger partial charge in [0, 0.05) is 30.3 Å². The highest BCUT2D eigenvalue weighted by atomic mass is 32.2. The Balaban J connectivity index is 1.83. The Hall–Kier alpha value is -0.910. The first-order valence-electron chi connectivity index (χ1n) is 7.38. The fourth-order valence-corrected chi connectivity index (χ4v) is 3.52. The number of carboxylic acid groups (broad SMARTS) is 1. The molecule has 2 aliphatic rings. The average molecular weight is 300 g/mol. The lowest BCUT2D eigenvalue weighted by molar-refractivity contribution is -0.137. The molecule has 0 radical (unpaired) electrons. The second-order valence-electron chi connectivity index (χ2n) is 5.82. The van der Waals surface area contributed by atoms with E-state index >= 15 is 0 Å². The number of thioether (sulfide) groups is 1. The first kappa shape index (κ1) is 15.5. The highest BCUT2D eigenvalue weighted by Crippen LogP contribution is 2.46. The van der Waals surface area contributed by atoms with Crippen LogP contribution < -0.4 is 5.32 Å². The van der Waals surface area contributed by atoms with E-state index in [-0.39, 0.29) is 23.2 Å². The summed E-state index contributed by atoms with van der Waals surface area (Å²) in [5.41, 5.74) is 0. The van der Waals surface area contributed by atoms with Crippen LogP contribution in [0.15, 0.2) is 0 Å². The molecule has 1 aliphatic heterocycles. The van der Waals surface area contributed by atoms with Crippen LogP contribution in [0, 0.1) is 0 Å². The molecule has 0 aromatic heterocycles. The number of aliphatic carboxylic acids is 1. The second-order valence-corrected chi connectivity index (χ2v) is 7.10. The molecule has 5 nitrogen and oxygen atoms in total. The number of likely N-dealkylation sites (tertiary alicyclic amines) is 1. The molecule has 1 saturated carbocycles. The van der Waals surface area contributed by atoms with Crippen molar-refractivity contribution in [2.24, 2.45) is 0 Å². The Morgan fingerprint density at radius 2 is 2.15 bits per heavy atom. The van der Waals surface area contributed by atoms with Crippen molar-refractivity contribution in [2.75, 3.05) is 19.3 Å². The zero-order chi connectivity index (χ0) is 14.6. The van der Waals surface area contributed by atoms with E-state index in [9.17, 15) is 9.59 Å². The number of nitrogens with one attached hydrogen (secondary N) is 1. The van der Waals surface area contributed by atoms with Crippen molar-refractivity contribution in [3.05, 3.63) is 0 Å². The lowest BCUT2D eigenvalue weighted by atomic mass is 9.98. The molecule has 20 heavy (non-hydrogen) atoms. The lowest BCUT2D eigenvalue weighted by Gasteiger charge is -2.36. The van der Waals surface area contributed by atoms with Crippen molar-refractivity contribution in [3.8, 4) is 0 Å². The van der Waals surface area contributed by atoms with E-state index in [1.807, 2.05) is 16.7 Å². The molecule has 114 valence electrons. The number of carbonyl (C=O) groups is 2. The summed E-state index contributed by atoms with van der Waals surface area (Å²) in [6, 6.07) is 0.0738. The maximum atomic E-state index is 12.3. The van der Waals surface area contributed by atoms with E-state index < -0.39 is 5.97 Å². The third-order valence-corrected chi connectivity index (χ3v) is 5.80. The molecule has 1 saturated heterocycles. The summed E-state index contributed by atoms with van der Waals surface area (Å²) in [7, 11) is 0. The van der Waals surface area contributed by atoms with E-state index in [0.29, 0.717) is 6.42 Å². The van der Waals surface area contributed by atoms with E-state index in [0.717, 1.165) is 32.4 Å². The monoisotopic (exact) mass is 300 g/mol. The molecule has 2 fully saturated rings. The number of hydrogen-bond donors (Lipinski definition) is 2. The molecule has 1 heterocycles. The lowest BCUT2D eigenvalue weighted by Crippen LogP contribution is -2.50. The summed E-state index contributed by atoms with van der Waals surface area (Å²) in [6.45, 7) is 1.48. The predicted molar refractivity (Wildman–Crippen MR) is 80.1 cm³/mol. The number of hydrogen-bond acceptors (Lipinski definition) is 3. The van der Waals surface area contributed by atoms with Crippen LogP contribution in [0.25, 0.3) is 0 Å². The van der Waals surface area contributed by atoms with Crippen molar-refractivity contribution < 1.29 is 14.7 Å². The smallest absolute Gasteiger partial charge is 0.317 e. The van der Waals surface area contributed by atoms with Crippen LogP contribution >= 0.6 is 11.8 Å². The first-order chi connectivity index (χ1) is 9.56. The zero-order valence-electron chi connectivity index (χ0n) is 12.1. The van der Waals surface area contributed by atoms with Crippen LogP contribution in [-0.2, 0) is 4.79 Å². The summed E-state index contributed by atoms with van der Waals surface area (Å²) < 4.78 is 0.266. The molecule has 1 atom stereocenters. The van der Waals surface area contributed by atoms with E-state index in [1.54, 1.807) is 0 Å². The van der Waals surface area contributed by atoms with Gasteiger partial charge >= 0.3 is 12.0 Å². The summed E-state index contributed by atoms with van der Waals surface area (Å²) >= 11 is 1.83. The number of rotatable bonds is 6. The second kappa shape index (κ2) is 6.70. The molecule has 1 unspecified atom stereocenters. The molecule has 0 bridgehead atoms. The van der Waals surface area contributed by atoms with Crippen LogP contribution in [0.3, 0.4) is 0 Å². The van der Waals surface area contributed by atoms with Crippen molar-refractivity contribution >= 4 is 23.8 Å². The van der Waals surface area contributed by atoms with Gasteiger partial charge in [-0.25, -0.2) is 4.79 Å². The zero-order valence-corrected chi connectivity index (χ0v) is 12.9. The van der Waals surface area contributed by atoms with Crippen molar-refractivity contribution in [2.45, 2.75) is 55.7 Å². The van der Waals surface area contributed by atoms with Crippen LogP contribution in [0.1, 0.15) is 44.9 Å². The minimum atomic E-state index is -0.782. The maximum Gasteiger partial charge on any atom is 0.317 e. The Labute approximate surface area is 124 Å².